The molecular formula is C34H35F5O8S. The molecule has 3 N–H and O–H groups in total. The minimum atomic E-state index is -5.71. The zero-order valence-corrected chi connectivity index (χ0v) is 26.9. The second-order valence-corrected chi connectivity index (χ2v) is 12.1. The maximum Gasteiger partial charge on any atom is 0.453 e. The van der Waals surface area contributed by atoms with Gasteiger partial charge in [-0.25, -0.2) is 4.79 Å². The summed E-state index contributed by atoms with van der Waals surface area (Å²) in [4.78, 5) is 35.8. The van der Waals surface area contributed by atoms with Crippen molar-refractivity contribution in [3.05, 3.63) is 87.8 Å². The summed E-state index contributed by atoms with van der Waals surface area (Å²) < 4.78 is 75.8. The minimum absolute atomic E-state index is 0.0434. The van der Waals surface area contributed by atoms with Gasteiger partial charge in [0, 0.05) is 22.9 Å². The predicted molar refractivity (Wildman–Crippen MR) is 170 cm³/mol. The third-order valence-corrected chi connectivity index (χ3v) is 8.45. The number of aliphatic hydroxyl groups is 1. The number of carbonyl (C=O) groups excluding carboxylic acids is 1. The van der Waals surface area contributed by atoms with Crippen LogP contribution < -0.4 is 10.2 Å². The summed E-state index contributed by atoms with van der Waals surface area (Å²) in [6.45, 7) is 3.50. The van der Waals surface area contributed by atoms with Gasteiger partial charge in [0.2, 0.25) is 5.76 Å². The molecule has 3 rings (SSSR count). The summed E-state index contributed by atoms with van der Waals surface area (Å²) >= 11 is 1.01. The number of carboxylic acids is 1. The van der Waals surface area contributed by atoms with Gasteiger partial charge in [0.15, 0.2) is 11.2 Å². The number of thioether (sulfide) groups is 1. The molecule has 0 aliphatic heterocycles. The summed E-state index contributed by atoms with van der Waals surface area (Å²) in [6, 6.07) is 8.23. The highest BCUT2D eigenvalue weighted by molar-refractivity contribution is 8.00. The molecule has 14 heteroatoms. The number of ketones is 1. The average molecular weight is 699 g/mol. The van der Waals surface area contributed by atoms with Crippen molar-refractivity contribution in [1.29, 1.82) is 0 Å². The number of phenolic OH excluding ortho intramolecular Hbond substituents is 1. The molecule has 0 saturated heterocycles. The first-order valence-electron chi connectivity index (χ1n) is 15.0. The molecule has 2 unspecified atom stereocenters. The second-order valence-electron chi connectivity index (χ2n) is 10.9. The molecule has 0 spiro atoms. The van der Waals surface area contributed by atoms with Gasteiger partial charge in [-0.3, -0.25) is 9.59 Å². The van der Waals surface area contributed by atoms with Gasteiger partial charge < -0.3 is 24.5 Å². The Morgan fingerprint density at radius 1 is 1.08 bits per heavy atom. The van der Waals surface area contributed by atoms with Crippen LogP contribution in [0.4, 0.5) is 22.0 Å². The van der Waals surface area contributed by atoms with Crippen molar-refractivity contribution in [3.63, 3.8) is 0 Å². The Bertz CT molecular complexity index is 1710. The Morgan fingerprint density at radius 3 is 2.46 bits per heavy atom. The van der Waals surface area contributed by atoms with Gasteiger partial charge in [0.1, 0.15) is 17.1 Å². The fraction of sp³-hybridized carbons (Fsp3) is 0.382. The number of Topliss-reactive ketones (excluding diaryl/α,β-unsaturated/α-hetero) is 1. The minimum Gasteiger partial charge on any atom is -0.507 e. The number of phenols is 1. The highest BCUT2D eigenvalue weighted by atomic mass is 32.2. The van der Waals surface area contributed by atoms with Crippen molar-refractivity contribution < 1.29 is 56.0 Å². The highest BCUT2D eigenvalue weighted by Gasteiger charge is 2.56. The van der Waals surface area contributed by atoms with Crippen LogP contribution in [0, 0.1) is 0 Å². The lowest BCUT2D eigenvalue weighted by Gasteiger charge is -2.22. The summed E-state index contributed by atoms with van der Waals surface area (Å²) in [5.74, 6) is -6.88. The molecule has 0 amide bonds. The van der Waals surface area contributed by atoms with Crippen LogP contribution in [0.3, 0.4) is 0 Å². The molecule has 2 atom stereocenters. The zero-order valence-electron chi connectivity index (χ0n) is 26.1. The molecule has 2 aromatic carbocycles. The monoisotopic (exact) mass is 698 g/mol. The van der Waals surface area contributed by atoms with Crippen LogP contribution in [-0.4, -0.2) is 57.1 Å². The number of aromatic carboxylic acids is 1. The van der Waals surface area contributed by atoms with Gasteiger partial charge in [0.25, 0.3) is 0 Å². The number of hydrogen-bond donors (Lipinski definition) is 3. The van der Waals surface area contributed by atoms with E-state index in [1.54, 1.807) is 24.3 Å². The number of rotatable bonds is 17. The standard InChI is InChI=1S/C34H35F5O8S/c1-3-9-24-27(15-14-22(20(2)40)31(24)43)46-17-7-5-4-6-11-30(25(41)10-8-16-33(35,36)34(37,38)39)48-21-12-13-23-26(42)19-29(32(44)45)47-28(23)18-21/h4-6,11-15,18-19,25,30,41,43H,3,7-10,16-17H2,1-2H3,(H,44,45)/b5-4-,11-6+. The molecule has 8 nitrogen and oxygen atoms in total. The quantitative estimate of drug-likeness (QED) is 0.0420. The van der Waals surface area contributed by atoms with Gasteiger partial charge in [-0.15, -0.1) is 11.8 Å². The van der Waals surface area contributed by atoms with Crippen molar-refractivity contribution in [3.8, 4) is 11.5 Å². The van der Waals surface area contributed by atoms with Crippen molar-refractivity contribution in [1.82, 2.24) is 0 Å². The molecule has 3 aromatic rings. The molecule has 1 heterocycles. The number of aromatic hydroxyl groups is 1. The number of benzene rings is 2. The Hall–Kier alpha value is -4.17. The number of aliphatic hydroxyl groups excluding tert-OH is 1. The number of ether oxygens (including phenoxy) is 1. The molecule has 0 saturated carbocycles. The van der Waals surface area contributed by atoms with Crippen molar-refractivity contribution in [2.45, 2.75) is 80.7 Å². The molecule has 0 aliphatic rings. The number of allylic oxidation sites excluding steroid dienone is 2. The fourth-order valence-corrected chi connectivity index (χ4v) is 5.77. The fourth-order valence-electron chi connectivity index (χ4n) is 4.67. The summed E-state index contributed by atoms with van der Waals surface area (Å²) in [5, 5.41) is 29.8. The van der Waals surface area contributed by atoms with E-state index < -0.39 is 53.5 Å². The van der Waals surface area contributed by atoms with Crippen LogP contribution in [-0.2, 0) is 6.42 Å². The van der Waals surface area contributed by atoms with Crippen LogP contribution in [0.1, 0.15) is 72.4 Å². The summed E-state index contributed by atoms with van der Waals surface area (Å²) in [5.41, 5.74) is 0.104. The van der Waals surface area contributed by atoms with Crippen molar-refractivity contribution in [2.75, 3.05) is 6.61 Å². The maximum atomic E-state index is 13.4. The molecule has 0 aliphatic carbocycles. The Labute approximate surface area is 276 Å². The maximum absolute atomic E-state index is 13.4. The van der Waals surface area contributed by atoms with Gasteiger partial charge in [-0.1, -0.05) is 37.6 Å². The number of fused-ring (bicyclic) bond motifs is 1. The summed E-state index contributed by atoms with van der Waals surface area (Å²) in [7, 11) is 0. The SMILES string of the molecule is CCCc1c(OCC/C=C\C=C\C(Sc2ccc3c(=O)cc(C(=O)O)oc3c2)C(O)CCCC(F)(F)C(F)(F)F)ccc(C(C)=O)c1O. The second kappa shape index (κ2) is 16.8. The van der Waals surface area contributed by atoms with E-state index in [0.717, 1.165) is 17.8 Å². The molecule has 260 valence electrons. The topological polar surface area (TPSA) is 134 Å². The first kappa shape index (κ1) is 38.3. The van der Waals surface area contributed by atoms with Crippen molar-refractivity contribution >= 4 is 34.5 Å². The smallest absolute Gasteiger partial charge is 0.453 e. The molecule has 1 aromatic heterocycles. The van der Waals surface area contributed by atoms with Crippen LogP contribution in [0.15, 0.2) is 74.8 Å². The van der Waals surface area contributed by atoms with Crippen LogP contribution in [0.2, 0.25) is 0 Å². The van der Waals surface area contributed by atoms with Crippen LogP contribution in [0.5, 0.6) is 11.5 Å². The lowest BCUT2D eigenvalue weighted by molar-refractivity contribution is -0.284. The van der Waals surface area contributed by atoms with E-state index in [1.807, 2.05) is 6.92 Å². The molecule has 0 fully saturated rings. The lowest BCUT2D eigenvalue weighted by Crippen LogP contribution is -2.36. The number of halogens is 5. The van der Waals surface area contributed by atoms with E-state index >= 15 is 0 Å². The molecular weight excluding hydrogens is 663 g/mol. The Balaban J connectivity index is 1.73. The summed E-state index contributed by atoms with van der Waals surface area (Å²) in [6.07, 6.45) is -1.50. The van der Waals surface area contributed by atoms with E-state index in [4.69, 9.17) is 9.15 Å². The van der Waals surface area contributed by atoms with Gasteiger partial charge in [-0.2, -0.15) is 22.0 Å². The van der Waals surface area contributed by atoms with E-state index in [9.17, 15) is 51.7 Å². The molecule has 0 bridgehead atoms. The zero-order chi connectivity index (χ0) is 35.6. The highest BCUT2D eigenvalue weighted by Crippen LogP contribution is 2.40. The number of hydrogen-bond acceptors (Lipinski definition) is 8. The third kappa shape index (κ3) is 10.2. The van der Waals surface area contributed by atoms with Gasteiger partial charge >= 0.3 is 18.1 Å². The third-order valence-electron chi connectivity index (χ3n) is 7.18. The van der Waals surface area contributed by atoms with Gasteiger partial charge in [0.05, 0.1) is 28.9 Å². The number of carbonyl (C=O) groups is 2. The van der Waals surface area contributed by atoms with Gasteiger partial charge in [-0.05, 0) is 62.9 Å². The first-order chi connectivity index (χ1) is 22.6. The Kier molecular flexibility index (Phi) is 13.4. The van der Waals surface area contributed by atoms with Crippen LogP contribution >= 0.6 is 11.8 Å². The lowest BCUT2D eigenvalue weighted by atomic mass is 10.0. The number of carboxylic acid groups (broad SMARTS) is 1. The van der Waals surface area contributed by atoms with Crippen molar-refractivity contribution in [2.24, 2.45) is 0 Å². The van der Waals surface area contributed by atoms with E-state index in [2.05, 4.69) is 0 Å². The number of alkyl halides is 5. The predicted octanol–water partition coefficient (Wildman–Crippen LogP) is 8.12. The Morgan fingerprint density at radius 2 is 1.81 bits per heavy atom. The van der Waals surface area contributed by atoms with E-state index in [1.165, 1.54) is 37.3 Å². The molecule has 0 radical (unpaired) electrons. The first-order valence-corrected chi connectivity index (χ1v) is 15.9. The van der Waals surface area contributed by atoms with E-state index in [0.29, 0.717) is 35.5 Å². The molecule has 48 heavy (non-hydrogen) atoms. The average Bonchev–Trinajstić information content (AvgIpc) is 3.00. The van der Waals surface area contributed by atoms with E-state index in [-0.39, 0.29) is 41.1 Å². The largest absolute Gasteiger partial charge is 0.507 e. The van der Waals surface area contributed by atoms with Crippen LogP contribution in [0.25, 0.3) is 11.0 Å². The normalized spacial score (nSPS) is 13.8.